The van der Waals surface area contributed by atoms with Crippen molar-refractivity contribution in [1.29, 1.82) is 0 Å². The van der Waals surface area contributed by atoms with E-state index in [1.165, 1.54) is 276 Å². The van der Waals surface area contributed by atoms with Crippen molar-refractivity contribution in [3.05, 3.63) is 0 Å². The van der Waals surface area contributed by atoms with Gasteiger partial charge in [0.15, 0.2) is 12.2 Å². The third kappa shape index (κ3) is 79.9. The largest absolute Gasteiger partial charge is 0.472 e. The number of phosphoric acid groups is 2. The Morgan fingerprint density at radius 2 is 0.438 bits per heavy atom. The number of phosphoric ester groups is 2. The summed E-state index contributed by atoms with van der Waals surface area (Å²) in [4.78, 5) is 73.2. The lowest BCUT2D eigenvalue weighted by Gasteiger charge is -2.21. The molecule has 2 unspecified atom stereocenters. The lowest BCUT2D eigenvalue weighted by atomic mass is 10.0. The summed E-state index contributed by atoms with van der Waals surface area (Å²) in [5.74, 6) is -0.573. The van der Waals surface area contributed by atoms with Crippen LogP contribution in [0, 0.1) is 11.8 Å². The summed E-state index contributed by atoms with van der Waals surface area (Å²) in [5.41, 5.74) is 0. The number of hydrogen-bond donors (Lipinski definition) is 3. The van der Waals surface area contributed by atoms with E-state index in [0.717, 1.165) is 102 Å². The molecule has 0 saturated carbocycles. The fraction of sp³-hybridized carbons (Fsp3) is 0.953. The Morgan fingerprint density at radius 3 is 0.648 bits per heavy atom. The molecule has 0 aliphatic rings. The van der Waals surface area contributed by atoms with E-state index in [1.54, 1.807) is 0 Å². The molecule has 5 atom stereocenters. The minimum absolute atomic E-state index is 0.108. The molecule has 0 aliphatic heterocycles. The van der Waals surface area contributed by atoms with E-state index in [2.05, 4.69) is 41.5 Å². The van der Waals surface area contributed by atoms with Crippen LogP contribution >= 0.6 is 15.6 Å². The topological polar surface area (TPSA) is 237 Å². The molecule has 3 N–H and O–H groups in total. The van der Waals surface area contributed by atoms with Crippen LogP contribution in [0.3, 0.4) is 0 Å². The number of carbonyl (C=O) groups is 4. The first-order valence-corrected chi connectivity index (χ1v) is 47.5. The van der Waals surface area contributed by atoms with Crippen LogP contribution in [-0.2, 0) is 65.4 Å². The highest BCUT2D eigenvalue weighted by molar-refractivity contribution is 7.47. The Labute approximate surface area is 645 Å². The smallest absolute Gasteiger partial charge is 0.462 e. The van der Waals surface area contributed by atoms with Crippen LogP contribution in [0.5, 0.6) is 0 Å². The molecule has 0 aliphatic carbocycles. The van der Waals surface area contributed by atoms with Crippen LogP contribution < -0.4 is 0 Å². The highest BCUT2D eigenvalue weighted by Crippen LogP contribution is 2.45. The van der Waals surface area contributed by atoms with Crippen molar-refractivity contribution in [3.8, 4) is 0 Å². The molecule has 0 bridgehead atoms. The molecule has 0 aromatic rings. The number of esters is 4. The van der Waals surface area contributed by atoms with Crippen molar-refractivity contribution < 1.29 is 80.2 Å². The van der Waals surface area contributed by atoms with Gasteiger partial charge < -0.3 is 33.8 Å². The van der Waals surface area contributed by atoms with E-state index in [0.29, 0.717) is 25.7 Å². The van der Waals surface area contributed by atoms with E-state index in [9.17, 15) is 43.2 Å². The molecular weight excluding hydrogens is 1370 g/mol. The number of aliphatic hydroxyl groups is 1. The van der Waals surface area contributed by atoms with Gasteiger partial charge in [0, 0.05) is 25.7 Å². The van der Waals surface area contributed by atoms with Crippen LogP contribution in [0.25, 0.3) is 0 Å². The number of rotatable bonds is 85. The Balaban J connectivity index is 5.24. The maximum atomic E-state index is 13.1. The summed E-state index contributed by atoms with van der Waals surface area (Å²) in [5, 5.41) is 10.7. The first kappa shape index (κ1) is 103. The fourth-order valence-electron chi connectivity index (χ4n) is 13.4. The highest BCUT2D eigenvalue weighted by atomic mass is 31.2. The van der Waals surface area contributed by atoms with Gasteiger partial charge >= 0.3 is 39.5 Å². The van der Waals surface area contributed by atoms with Gasteiger partial charge in [0.2, 0.25) is 0 Å². The molecule has 0 heterocycles. The molecular formula is C86H168O17P2. The average Bonchev–Trinajstić information content (AvgIpc) is 0.922. The average molecular weight is 1540 g/mol. The standard InChI is InChI=1S/C86H168O17P2/c1-7-9-11-13-15-17-19-21-23-25-27-31-35-39-43-50-56-62-68-83(88)96-74-81(102-85(90)71-65-59-53-45-41-37-33-29-30-34-38-42-48-54-60-66-78(3)4)76-100-104(92,93)98-72-80(87)73-99-105(94,95)101-77-82(75-97-84(89)69-63-57-51-47-46-49-55-61-67-79(5)6)103-86(91)70-64-58-52-44-40-36-32-28-26-24-22-20-18-16-14-12-10-8-2/h78-82,87H,7-77H2,1-6H3,(H,92,93)(H,94,95)/t80-,81-,82-/m1/s1. The van der Waals surface area contributed by atoms with Gasteiger partial charge in [0.1, 0.15) is 19.3 Å². The second kappa shape index (κ2) is 77.4. The van der Waals surface area contributed by atoms with Gasteiger partial charge in [-0.1, -0.05) is 408 Å². The molecule has 0 fully saturated rings. The third-order valence-electron chi connectivity index (χ3n) is 20.2. The summed E-state index contributed by atoms with van der Waals surface area (Å²) in [6.07, 6.45) is 69.4. The molecule has 0 radical (unpaired) electrons. The molecule has 17 nitrogen and oxygen atoms in total. The number of aliphatic hydroxyl groups excluding tert-OH is 1. The van der Waals surface area contributed by atoms with Crippen molar-refractivity contribution in [3.63, 3.8) is 0 Å². The number of ether oxygens (including phenoxy) is 4. The first-order chi connectivity index (χ1) is 50.9. The van der Waals surface area contributed by atoms with E-state index in [4.69, 9.17) is 37.0 Å². The van der Waals surface area contributed by atoms with Crippen LogP contribution in [0.1, 0.15) is 459 Å². The van der Waals surface area contributed by atoms with Gasteiger partial charge in [0.05, 0.1) is 26.4 Å². The minimum Gasteiger partial charge on any atom is -0.462 e. The van der Waals surface area contributed by atoms with E-state index >= 15 is 0 Å². The zero-order valence-electron chi connectivity index (χ0n) is 69.0. The van der Waals surface area contributed by atoms with E-state index < -0.39 is 97.5 Å². The Kier molecular flexibility index (Phi) is 76.0. The van der Waals surface area contributed by atoms with E-state index in [-0.39, 0.29) is 25.7 Å². The summed E-state index contributed by atoms with van der Waals surface area (Å²) < 4.78 is 68.9. The van der Waals surface area contributed by atoms with Crippen LogP contribution in [0.15, 0.2) is 0 Å². The molecule has 0 spiro atoms. The van der Waals surface area contributed by atoms with Crippen molar-refractivity contribution in [2.45, 2.75) is 477 Å². The second-order valence-electron chi connectivity index (χ2n) is 31.9. The Morgan fingerprint density at radius 1 is 0.257 bits per heavy atom. The number of unbranched alkanes of at least 4 members (excludes halogenated alkanes) is 55. The van der Waals surface area contributed by atoms with Gasteiger partial charge in [-0.25, -0.2) is 9.13 Å². The van der Waals surface area contributed by atoms with Crippen LogP contribution in [0.2, 0.25) is 0 Å². The quantitative estimate of drug-likeness (QED) is 0.0222. The van der Waals surface area contributed by atoms with Crippen molar-refractivity contribution in [2.24, 2.45) is 11.8 Å². The molecule has 0 saturated heterocycles. The predicted octanol–water partition coefficient (Wildman–Crippen LogP) is 26.2. The zero-order chi connectivity index (χ0) is 77.1. The predicted molar refractivity (Wildman–Crippen MR) is 432 cm³/mol. The van der Waals surface area contributed by atoms with Gasteiger partial charge in [0.25, 0.3) is 0 Å². The van der Waals surface area contributed by atoms with Crippen molar-refractivity contribution >= 4 is 39.5 Å². The van der Waals surface area contributed by atoms with Gasteiger partial charge in [-0.3, -0.25) is 37.3 Å². The lowest BCUT2D eigenvalue weighted by Crippen LogP contribution is -2.30. The Bertz CT molecular complexity index is 2010. The lowest BCUT2D eigenvalue weighted by molar-refractivity contribution is -0.161. The van der Waals surface area contributed by atoms with Crippen LogP contribution in [0.4, 0.5) is 0 Å². The maximum Gasteiger partial charge on any atom is 0.472 e. The first-order valence-electron chi connectivity index (χ1n) is 44.5. The minimum atomic E-state index is -4.97. The van der Waals surface area contributed by atoms with Crippen molar-refractivity contribution in [1.82, 2.24) is 0 Å². The number of hydrogen-bond acceptors (Lipinski definition) is 15. The van der Waals surface area contributed by atoms with E-state index in [1.807, 2.05) is 0 Å². The Hall–Kier alpha value is -1.94. The second-order valence-corrected chi connectivity index (χ2v) is 34.8. The van der Waals surface area contributed by atoms with Crippen molar-refractivity contribution in [2.75, 3.05) is 39.6 Å². The highest BCUT2D eigenvalue weighted by Gasteiger charge is 2.30. The molecule has 0 aromatic carbocycles. The molecule has 0 rings (SSSR count). The molecule has 105 heavy (non-hydrogen) atoms. The maximum absolute atomic E-state index is 13.1. The van der Waals surface area contributed by atoms with Gasteiger partial charge in [-0.15, -0.1) is 0 Å². The SMILES string of the molecule is CCCCCCCCCCCCCCCCCCCCC(=O)OC[C@H](COP(=O)(O)OC[C@@H](O)COP(=O)(O)OC[C@@H](COC(=O)CCCCCCCCCCC(C)C)OC(=O)CCCCCCCCCCCCCCCCCCCC)OC(=O)CCCCCCCCCCCCCCCCCC(C)C. The van der Waals surface area contributed by atoms with Crippen LogP contribution in [-0.4, -0.2) is 96.7 Å². The van der Waals surface area contributed by atoms with Gasteiger partial charge in [-0.2, -0.15) is 0 Å². The number of carbonyl (C=O) groups excluding carboxylic acids is 4. The normalized spacial score (nSPS) is 13.8. The zero-order valence-corrected chi connectivity index (χ0v) is 70.8. The summed E-state index contributed by atoms with van der Waals surface area (Å²) in [7, 11) is -9.93. The molecule has 19 heteroatoms. The molecule has 0 aromatic heterocycles. The summed E-state index contributed by atoms with van der Waals surface area (Å²) in [6.45, 7) is 9.67. The molecule has 0 amide bonds. The molecule has 624 valence electrons. The van der Waals surface area contributed by atoms with Gasteiger partial charge in [-0.05, 0) is 37.5 Å². The summed E-state index contributed by atoms with van der Waals surface area (Å²) in [6, 6.07) is 0. The fourth-order valence-corrected chi connectivity index (χ4v) is 15.0. The third-order valence-corrected chi connectivity index (χ3v) is 22.1. The monoisotopic (exact) mass is 1540 g/mol. The summed E-state index contributed by atoms with van der Waals surface area (Å²) >= 11 is 0.